The first-order valence-corrected chi connectivity index (χ1v) is 9.82. The number of aromatic nitrogens is 3. The average molecular weight is 480 g/mol. The molecule has 0 radical (unpaired) electrons. The van der Waals surface area contributed by atoms with Crippen LogP contribution < -0.4 is 5.32 Å². The number of furan rings is 1. The van der Waals surface area contributed by atoms with E-state index < -0.39 is 47.6 Å². The molecule has 1 unspecified atom stereocenters. The van der Waals surface area contributed by atoms with Gasteiger partial charge in [-0.25, -0.2) is 18.7 Å². The molecule has 1 atom stereocenters. The minimum Gasteiger partial charge on any atom is -0.458 e. The number of nitrogens with one attached hydrogen (secondary N) is 1. The van der Waals surface area contributed by atoms with Crippen LogP contribution in [-0.4, -0.2) is 44.4 Å². The summed E-state index contributed by atoms with van der Waals surface area (Å²) >= 11 is 0. The number of hydrogen-bond donors (Lipinski definition) is 1. The molecule has 1 N–H and O–H groups in total. The molecule has 176 valence electrons. The van der Waals surface area contributed by atoms with Gasteiger partial charge in [0.25, 0.3) is 5.91 Å². The van der Waals surface area contributed by atoms with Gasteiger partial charge >= 0.3 is 17.8 Å². The van der Waals surface area contributed by atoms with Crippen LogP contribution >= 0.6 is 0 Å². The third-order valence-electron chi connectivity index (χ3n) is 5.38. The molecule has 1 aliphatic carbocycles. The molecule has 0 saturated heterocycles. The van der Waals surface area contributed by atoms with Crippen LogP contribution in [0.3, 0.4) is 0 Å². The maximum Gasteiger partial charge on any atom is 0.346 e. The quantitative estimate of drug-likeness (QED) is 0.345. The van der Waals surface area contributed by atoms with Crippen molar-refractivity contribution in [2.24, 2.45) is 0 Å². The molecular weight excluding hydrogens is 467 g/mol. The molecule has 4 aromatic rings. The van der Waals surface area contributed by atoms with E-state index in [1.54, 1.807) is 12.3 Å². The van der Waals surface area contributed by atoms with Gasteiger partial charge in [0.05, 0.1) is 19.2 Å². The fourth-order valence-corrected chi connectivity index (χ4v) is 3.57. The Hall–Kier alpha value is -4.03. The summed E-state index contributed by atoms with van der Waals surface area (Å²) < 4.78 is 78.4. The molecule has 0 spiro atoms. The van der Waals surface area contributed by atoms with E-state index in [4.69, 9.17) is 4.42 Å². The highest BCUT2D eigenvalue weighted by Gasteiger charge is 2.74. The second kappa shape index (κ2) is 7.50. The maximum atomic E-state index is 14.0. The molecular formula is C21H13F5N4O4. The Labute approximate surface area is 186 Å². The van der Waals surface area contributed by atoms with Crippen LogP contribution in [0.2, 0.25) is 0 Å². The van der Waals surface area contributed by atoms with Crippen molar-refractivity contribution < 1.29 is 40.7 Å². The number of hydrogen-bond acceptors (Lipinski definition) is 6. The minimum absolute atomic E-state index is 0.0829. The van der Waals surface area contributed by atoms with Gasteiger partial charge < -0.3 is 14.5 Å². The third kappa shape index (κ3) is 3.43. The zero-order valence-electron chi connectivity index (χ0n) is 16.9. The summed E-state index contributed by atoms with van der Waals surface area (Å²) in [5.74, 6) is -11.6. The molecule has 0 aliphatic heterocycles. The zero-order chi connectivity index (χ0) is 24.3. The Bertz CT molecular complexity index is 1450. The topological polar surface area (TPSA) is 98.7 Å². The second-order valence-electron chi connectivity index (χ2n) is 7.64. The van der Waals surface area contributed by atoms with Crippen LogP contribution in [0, 0.1) is 5.82 Å². The molecule has 1 aliphatic rings. The van der Waals surface area contributed by atoms with E-state index in [2.05, 4.69) is 20.1 Å². The summed E-state index contributed by atoms with van der Waals surface area (Å²) in [6.07, 6.45) is 0.718. The first-order valence-electron chi connectivity index (χ1n) is 9.82. The van der Waals surface area contributed by atoms with E-state index in [0.717, 1.165) is 6.07 Å². The van der Waals surface area contributed by atoms with Gasteiger partial charge in [-0.1, -0.05) is 0 Å². The lowest BCUT2D eigenvalue weighted by Gasteiger charge is -2.42. The SMILES string of the molecule is O=C(OC1CC(F)(F)C1(F)F)c1cc(F)cc2cc(CNC(=O)c3cnn4cccnc34)oc12. The number of ether oxygens (including phenoxy) is 1. The van der Waals surface area contributed by atoms with Crippen LogP contribution in [0.1, 0.15) is 32.9 Å². The maximum absolute atomic E-state index is 14.0. The predicted octanol–water partition coefficient (Wildman–Crippen LogP) is 3.74. The molecule has 5 rings (SSSR count). The Kier molecular flexibility index (Phi) is 4.81. The van der Waals surface area contributed by atoms with Crippen molar-refractivity contribution in [1.29, 1.82) is 0 Å². The van der Waals surface area contributed by atoms with Crippen LogP contribution in [0.5, 0.6) is 0 Å². The molecule has 0 bridgehead atoms. The van der Waals surface area contributed by atoms with Crippen molar-refractivity contribution in [2.75, 3.05) is 0 Å². The highest BCUT2D eigenvalue weighted by molar-refractivity contribution is 6.02. The molecule has 3 heterocycles. The number of carbonyl (C=O) groups excluding carboxylic acids is 2. The summed E-state index contributed by atoms with van der Waals surface area (Å²) in [5.41, 5.74) is -0.256. The van der Waals surface area contributed by atoms with Gasteiger partial charge in [-0.2, -0.15) is 22.7 Å². The molecule has 34 heavy (non-hydrogen) atoms. The Morgan fingerprint density at radius 1 is 1.21 bits per heavy atom. The molecule has 8 nitrogen and oxygen atoms in total. The number of carbonyl (C=O) groups is 2. The van der Waals surface area contributed by atoms with Gasteiger partial charge in [-0.15, -0.1) is 0 Å². The van der Waals surface area contributed by atoms with Crippen molar-refractivity contribution in [3.63, 3.8) is 0 Å². The first-order chi connectivity index (χ1) is 16.1. The summed E-state index contributed by atoms with van der Waals surface area (Å²) in [6.45, 7) is -0.180. The van der Waals surface area contributed by atoms with E-state index in [9.17, 15) is 31.5 Å². The van der Waals surface area contributed by atoms with E-state index in [1.165, 1.54) is 23.0 Å². The lowest BCUT2D eigenvalue weighted by Crippen LogP contribution is -2.63. The van der Waals surface area contributed by atoms with Crippen molar-refractivity contribution in [2.45, 2.75) is 30.9 Å². The lowest BCUT2D eigenvalue weighted by molar-refractivity contribution is -0.329. The van der Waals surface area contributed by atoms with Crippen molar-refractivity contribution >= 4 is 28.5 Å². The number of benzene rings is 1. The largest absolute Gasteiger partial charge is 0.458 e. The number of esters is 1. The number of fused-ring (bicyclic) bond motifs is 2. The molecule has 1 aromatic carbocycles. The number of amides is 1. The van der Waals surface area contributed by atoms with Crippen LogP contribution in [0.25, 0.3) is 16.6 Å². The Morgan fingerprint density at radius 3 is 2.74 bits per heavy atom. The summed E-state index contributed by atoms with van der Waals surface area (Å²) in [7, 11) is 0. The van der Waals surface area contributed by atoms with Crippen LogP contribution in [-0.2, 0) is 11.3 Å². The standard InChI is InChI=1S/C21H13F5N4O4/c22-11-4-10-5-12(8-28-18(31)14-9-29-30-3-1-2-27-17(14)30)33-16(10)13(6-11)19(32)34-15-7-20(23,24)21(15,25)26/h1-6,9,15H,7-8H2,(H,28,31). The fourth-order valence-electron chi connectivity index (χ4n) is 3.57. The van der Waals surface area contributed by atoms with Crippen LogP contribution in [0.4, 0.5) is 22.0 Å². The van der Waals surface area contributed by atoms with E-state index >= 15 is 0 Å². The van der Waals surface area contributed by atoms with Crippen molar-refractivity contribution in [3.05, 3.63) is 65.6 Å². The predicted molar refractivity (Wildman–Crippen MR) is 104 cm³/mol. The smallest absolute Gasteiger partial charge is 0.346 e. The third-order valence-corrected chi connectivity index (χ3v) is 5.38. The minimum atomic E-state index is -4.53. The zero-order valence-corrected chi connectivity index (χ0v) is 16.9. The van der Waals surface area contributed by atoms with E-state index in [-0.39, 0.29) is 28.8 Å². The van der Waals surface area contributed by atoms with E-state index in [0.29, 0.717) is 11.7 Å². The number of alkyl halides is 4. The molecule has 3 aromatic heterocycles. The number of rotatable bonds is 5. The highest BCUT2D eigenvalue weighted by Crippen LogP contribution is 2.52. The number of halogens is 5. The Balaban J connectivity index is 1.35. The average Bonchev–Trinajstić information content (AvgIpc) is 3.40. The van der Waals surface area contributed by atoms with Gasteiger partial charge in [0.1, 0.15) is 28.3 Å². The van der Waals surface area contributed by atoms with Gasteiger partial charge in [0.15, 0.2) is 11.8 Å². The fraction of sp³-hybridized carbons (Fsp3) is 0.238. The molecule has 1 amide bonds. The van der Waals surface area contributed by atoms with Gasteiger partial charge in [-0.3, -0.25) is 4.79 Å². The first kappa shape index (κ1) is 21.8. The van der Waals surface area contributed by atoms with Gasteiger partial charge in [0, 0.05) is 17.8 Å². The lowest BCUT2D eigenvalue weighted by atomic mass is 9.85. The highest BCUT2D eigenvalue weighted by atomic mass is 19.3. The van der Waals surface area contributed by atoms with Crippen LogP contribution in [0.15, 0.2) is 47.3 Å². The van der Waals surface area contributed by atoms with Gasteiger partial charge in [0.2, 0.25) is 0 Å². The van der Waals surface area contributed by atoms with Crippen molar-refractivity contribution in [1.82, 2.24) is 19.9 Å². The normalized spacial score (nSPS) is 18.6. The molecule has 1 fully saturated rings. The molecule has 1 saturated carbocycles. The summed E-state index contributed by atoms with van der Waals surface area (Å²) in [6, 6.07) is 4.67. The van der Waals surface area contributed by atoms with E-state index in [1.807, 2.05) is 0 Å². The summed E-state index contributed by atoms with van der Waals surface area (Å²) in [5, 5.41) is 6.65. The number of nitrogens with zero attached hydrogens (tertiary/aromatic N) is 3. The summed E-state index contributed by atoms with van der Waals surface area (Å²) in [4.78, 5) is 28.9. The Morgan fingerprint density at radius 2 is 2.00 bits per heavy atom. The van der Waals surface area contributed by atoms with Gasteiger partial charge in [-0.05, 0) is 24.3 Å². The second-order valence-corrected chi connectivity index (χ2v) is 7.64. The van der Waals surface area contributed by atoms with Crippen molar-refractivity contribution in [3.8, 4) is 0 Å². The monoisotopic (exact) mass is 480 g/mol. The molecule has 13 heteroatoms.